The van der Waals surface area contributed by atoms with E-state index < -0.39 is 12.0 Å². The van der Waals surface area contributed by atoms with Gasteiger partial charge in [0.2, 0.25) is 5.91 Å². The highest BCUT2D eigenvalue weighted by Crippen LogP contribution is 2.37. The van der Waals surface area contributed by atoms with E-state index in [9.17, 15) is 14.7 Å². The molecular weight excluding hydrogens is 318 g/mol. The van der Waals surface area contributed by atoms with E-state index >= 15 is 0 Å². The van der Waals surface area contributed by atoms with Crippen molar-refractivity contribution in [3.05, 3.63) is 0 Å². The van der Waals surface area contributed by atoms with Crippen molar-refractivity contribution in [2.75, 3.05) is 13.1 Å². The molecule has 1 amide bonds. The monoisotopic (exact) mass is 348 g/mol. The van der Waals surface area contributed by atoms with E-state index in [0.717, 1.165) is 57.3 Å². The Kier molecular flexibility index (Phi) is 5.77. The van der Waals surface area contributed by atoms with Crippen LogP contribution in [0.5, 0.6) is 0 Å². The Morgan fingerprint density at radius 1 is 1.16 bits per heavy atom. The minimum absolute atomic E-state index is 0.0327. The molecule has 0 N–H and O–H groups in total. The lowest BCUT2D eigenvalue weighted by atomic mass is 9.79. The first kappa shape index (κ1) is 18.4. The van der Waals surface area contributed by atoms with Crippen LogP contribution in [0, 0.1) is 11.8 Å². The van der Waals surface area contributed by atoms with Crippen molar-refractivity contribution in [2.24, 2.45) is 16.9 Å². The molecule has 3 atom stereocenters. The van der Waals surface area contributed by atoms with Gasteiger partial charge < -0.3 is 9.90 Å². The van der Waals surface area contributed by atoms with Crippen molar-refractivity contribution >= 4 is 17.6 Å². The van der Waals surface area contributed by atoms with E-state index in [1.807, 2.05) is 4.90 Å². The zero-order valence-corrected chi connectivity index (χ0v) is 15.4. The summed E-state index contributed by atoms with van der Waals surface area (Å²) in [5.74, 6) is -0.639. The molecule has 3 rings (SSSR count). The highest BCUT2D eigenvalue weighted by molar-refractivity contribution is 5.93. The van der Waals surface area contributed by atoms with Crippen LogP contribution in [0.1, 0.15) is 65.2 Å². The summed E-state index contributed by atoms with van der Waals surface area (Å²) in [6.07, 6.45) is 7.44. The molecular formula is C19H30N3O3-. The molecule has 2 fully saturated rings. The zero-order chi connectivity index (χ0) is 18.0. The molecule has 2 aliphatic heterocycles. The van der Waals surface area contributed by atoms with Gasteiger partial charge in [-0.05, 0) is 51.1 Å². The maximum atomic E-state index is 13.0. The van der Waals surface area contributed by atoms with E-state index in [1.165, 1.54) is 6.42 Å². The van der Waals surface area contributed by atoms with Crippen LogP contribution in [-0.2, 0) is 9.59 Å². The molecule has 3 unspecified atom stereocenters. The fourth-order valence-electron chi connectivity index (χ4n) is 4.71. The number of carbonyl (C=O) groups is 2. The predicted octanol–water partition coefficient (Wildman–Crippen LogP) is 1.39. The van der Waals surface area contributed by atoms with Crippen LogP contribution < -0.4 is 5.11 Å². The number of piperidine rings is 1. The van der Waals surface area contributed by atoms with Gasteiger partial charge in [0.1, 0.15) is 0 Å². The lowest BCUT2D eigenvalue weighted by molar-refractivity contribution is -0.312. The first-order valence-corrected chi connectivity index (χ1v) is 9.83. The summed E-state index contributed by atoms with van der Waals surface area (Å²) in [6.45, 7) is 5.71. The minimum Gasteiger partial charge on any atom is -0.548 e. The number of rotatable bonds is 5. The van der Waals surface area contributed by atoms with Crippen molar-refractivity contribution in [3.63, 3.8) is 0 Å². The van der Waals surface area contributed by atoms with E-state index in [4.69, 9.17) is 0 Å². The lowest BCUT2D eigenvalue weighted by Gasteiger charge is -2.36. The van der Waals surface area contributed by atoms with Gasteiger partial charge in [-0.1, -0.05) is 26.7 Å². The Morgan fingerprint density at radius 3 is 2.52 bits per heavy atom. The van der Waals surface area contributed by atoms with Gasteiger partial charge in [0, 0.05) is 18.1 Å². The molecule has 140 valence electrons. The third kappa shape index (κ3) is 3.89. The summed E-state index contributed by atoms with van der Waals surface area (Å²) in [6, 6.07) is -0.755. The second-order valence-corrected chi connectivity index (χ2v) is 8.05. The number of nitrogens with zero attached hydrogens (tertiary/aromatic N) is 3. The predicted molar refractivity (Wildman–Crippen MR) is 93.7 cm³/mol. The normalized spacial score (nSPS) is 28.6. The first-order valence-electron chi connectivity index (χ1n) is 9.83. The van der Waals surface area contributed by atoms with Gasteiger partial charge >= 0.3 is 0 Å². The quantitative estimate of drug-likeness (QED) is 0.752. The summed E-state index contributed by atoms with van der Waals surface area (Å²) in [4.78, 5) is 26.5. The summed E-state index contributed by atoms with van der Waals surface area (Å²) < 4.78 is 0. The number of carboxylic acids is 1. The van der Waals surface area contributed by atoms with Crippen LogP contribution in [0.25, 0.3) is 0 Å². The highest BCUT2D eigenvalue weighted by atomic mass is 16.4. The smallest absolute Gasteiger partial charge is 0.244 e. The SMILES string of the molecule is CC(C)C1C2CCCCC2=NN1C(=O)CC(C(=O)[O-])N1CCCCC1. The van der Waals surface area contributed by atoms with Gasteiger partial charge in [0.15, 0.2) is 0 Å². The highest BCUT2D eigenvalue weighted by Gasteiger charge is 2.43. The standard InChI is InChI=1S/C19H31N3O3/c1-13(2)18-14-8-4-5-9-15(14)20-22(18)17(23)12-16(19(24)25)21-10-6-3-7-11-21/h13-14,16,18H,3-12H2,1-2H3,(H,24,25)/p-1. The number of fused-ring (bicyclic) bond motifs is 1. The zero-order valence-electron chi connectivity index (χ0n) is 15.4. The van der Waals surface area contributed by atoms with Gasteiger partial charge in [0.05, 0.1) is 18.1 Å². The van der Waals surface area contributed by atoms with Crippen LogP contribution in [-0.4, -0.2) is 52.7 Å². The Morgan fingerprint density at radius 2 is 1.88 bits per heavy atom. The molecule has 0 aromatic rings. The number of carboxylic acid groups (broad SMARTS) is 1. The van der Waals surface area contributed by atoms with E-state index in [2.05, 4.69) is 18.9 Å². The molecule has 1 saturated heterocycles. The van der Waals surface area contributed by atoms with Crippen LogP contribution in [0.15, 0.2) is 5.10 Å². The van der Waals surface area contributed by atoms with Crippen LogP contribution in [0.4, 0.5) is 0 Å². The van der Waals surface area contributed by atoms with Crippen LogP contribution in [0.2, 0.25) is 0 Å². The number of carbonyl (C=O) groups excluding carboxylic acids is 2. The lowest BCUT2D eigenvalue weighted by Crippen LogP contribution is -2.52. The molecule has 0 bridgehead atoms. The first-order chi connectivity index (χ1) is 12.0. The fourth-order valence-corrected chi connectivity index (χ4v) is 4.71. The van der Waals surface area contributed by atoms with Gasteiger partial charge in [-0.3, -0.25) is 9.69 Å². The molecule has 0 aromatic heterocycles. The third-order valence-electron chi connectivity index (χ3n) is 5.97. The second-order valence-electron chi connectivity index (χ2n) is 8.05. The number of amides is 1. The molecule has 1 saturated carbocycles. The molecule has 1 aliphatic carbocycles. The Labute approximate surface area is 150 Å². The van der Waals surface area contributed by atoms with Gasteiger partial charge in [-0.25, -0.2) is 5.01 Å². The maximum Gasteiger partial charge on any atom is 0.244 e. The van der Waals surface area contributed by atoms with Crippen molar-refractivity contribution < 1.29 is 14.7 Å². The number of likely N-dealkylation sites (tertiary alicyclic amines) is 1. The maximum absolute atomic E-state index is 13.0. The molecule has 2 heterocycles. The summed E-state index contributed by atoms with van der Waals surface area (Å²) >= 11 is 0. The summed E-state index contributed by atoms with van der Waals surface area (Å²) in [5.41, 5.74) is 1.14. The van der Waals surface area contributed by atoms with Crippen LogP contribution >= 0.6 is 0 Å². The van der Waals surface area contributed by atoms with E-state index in [1.54, 1.807) is 5.01 Å². The molecule has 25 heavy (non-hydrogen) atoms. The summed E-state index contributed by atoms with van der Waals surface area (Å²) in [7, 11) is 0. The number of hydrogen-bond acceptors (Lipinski definition) is 5. The molecule has 3 aliphatic rings. The number of hydrazone groups is 1. The van der Waals surface area contributed by atoms with Crippen molar-refractivity contribution in [3.8, 4) is 0 Å². The minimum atomic E-state index is -1.14. The molecule has 6 heteroatoms. The molecule has 0 spiro atoms. The van der Waals surface area contributed by atoms with Crippen molar-refractivity contribution in [2.45, 2.75) is 77.3 Å². The van der Waals surface area contributed by atoms with Crippen molar-refractivity contribution in [1.82, 2.24) is 9.91 Å². The summed E-state index contributed by atoms with van der Waals surface area (Å²) in [5, 5.41) is 17.9. The largest absolute Gasteiger partial charge is 0.548 e. The van der Waals surface area contributed by atoms with Gasteiger partial charge in [-0.15, -0.1) is 0 Å². The van der Waals surface area contributed by atoms with Gasteiger partial charge in [0.25, 0.3) is 0 Å². The number of aliphatic carboxylic acids is 1. The molecule has 0 aromatic carbocycles. The Balaban J connectivity index is 1.73. The third-order valence-corrected chi connectivity index (χ3v) is 5.97. The molecule has 0 radical (unpaired) electrons. The van der Waals surface area contributed by atoms with Crippen molar-refractivity contribution in [1.29, 1.82) is 0 Å². The number of hydrogen-bond donors (Lipinski definition) is 0. The second kappa shape index (κ2) is 7.85. The Bertz CT molecular complexity index is 540. The Hall–Kier alpha value is -1.43. The average molecular weight is 348 g/mol. The average Bonchev–Trinajstić information content (AvgIpc) is 2.99. The fraction of sp³-hybridized carbons (Fsp3) is 0.842. The topological polar surface area (TPSA) is 76.0 Å². The van der Waals surface area contributed by atoms with Crippen LogP contribution in [0.3, 0.4) is 0 Å². The van der Waals surface area contributed by atoms with Gasteiger partial charge in [-0.2, -0.15) is 5.10 Å². The molecule has 6 nitrogen and oxygen atoms in total. The van der Waals surface area contributed by atoms with E-state index in [0.29, 0.717) is 11.8 Å². The van der Waals surface area contributed by atoms with E-state index in [-0.39, 0.29) is 18.4 Å².